The maximum Gasteiger partial charge on any atom is 0.341 e. The van der Waals surface area contributed by atoms with Crippen molar-refractivity contribution in [1.29, 1.82) is 0 Å². The van der Waals surface area contributed by atoms with E-state index in [4.69, 9.17) is 4.42 Å². The second kappa shape index (κ2) is 7.04. The number of rotatable bonds is 5. The molecule has 0 radical (unpaired) electrons. The van der Waals surface area contributed by atoms with E-state index in [1.54, 1.807) is 37.6 Å². The Balaban J connectivity index is 1.64. The molecule has 3 rings (SSSR count). The highest BCUT2D eigenvalue weighted by Crippen LogP contribution is 2.16. The third kappa shape index (κ3) is 3.60. The summed E-state index contributed by atoms with van der Waals surface area (Å²) in [5, 5.41) is 2.76. The lowest BCUT2D eigenvalue weighted by atomic mass is 10.2. The van der Waals surface area contributed by atoms with Crippen LogP contribution in [0.2, 0.25) is 0 Å². The van der Waals surface area contributed by atoms with E-state index in [9.17, 15) is 9.59 Å². The number of esters is 1. The van der Waals surface area contributed by atoms with Crippen molar-refractivity contribution in [3.8, 4) is 5.69 Å². The summed E-state index contributed by atoms with van der Waals surface area (Å²) < 4.78 is 12.0. The minimum Gasteiger partial charge on any atom is -0.465 e. The highest BCUT2D eigenvalue weighted by molar-refractivity contribution is 5.94. The van der Waals surface area contributed by atoms with Gasteiger partial charge in [0, 0.05) is 23.6 Å². The van der Waals surface area contributed by atoms with E-state index in [0.717, 1.165) is 5.69 Å². The van der Waals surface area contributed by atoms with Crippen molar-refractivity contribution >= 4 is 11.9 Å². The molecule has 0 fully saturated rings. The van der Waals surface area contributed by atoms with Crippen LogP contribution < -0.4 is 5.32 Å². The lowest BCUT2D eigenvalue weighted by Crippen LogP contribution is -2.22. The second-order valence-corrected chi connectivity index (χ2v) is 5.37. The van der Waals surface area contributed by atoms with Gasteiger partial charge in [0.1, 0.15) is 17.1 Å². The molecule has 128 valence electrons. The molecule has 7 heteroatoms. The Labute approximate surface area is 144 Å². The molecule has 3 aromatic rings. The summed E-state index contributed by atoms with van der Waals surface area (Å²) >= 11 is 0. The maximum atomic E-state index is 12.2. The molecule has 0 aliphatic carbocycles. The van der Waals surface area contributed by atoms with Crippen molar-refractivity contribution in [1.82, 2.24) is 14.9 Å². The molecular weight excluding hydrogens is 322 g/mol. The number of imidazole rings is 1. The van der Waals surface area contributed by atoms with Crippen molar-refractivity contribution in [2.75, 3.05) is 7.11 Å². The molecule has 0 aliphatic rings. The topological polar surface area (TPSA) is 86.4 Å². The number of nitrogens with zero attached hydrogens (tertiary/aromatic N) is 2. The van der Waals surface area contributed by atoms with E-state index in [2.05, 4.69) is 15.0 Å². The first-order chi connectivity index (χ1) is 12.1. The van der Waals surface area contributed by atoms with Gasteiger partial charge in [-0.3, -0.25) is 4.79 Å². The van der Waals surface area contributed by atoms with Gasteiger partial charge in [0.05, 0.1) is 20.0 Å². The minimum absolute atomic E-state index is 0.180. The van der Waals surface area contributed by atoms with Crippen molar-refractivity contribution in [3.05, 3.63) is 71.7 Å². The smallest absolute Gasteiger partial charge is 0.341 e. The molecule has 2 aromatic heterocycles. The fourth-order valence-electron chi connectivity index (χ4n) is 2.41. The molecular formula is C18H17N3O4. The first-order valence-corrected chi connectivity index (χ1v) is 7.62. The summed E-state index contributed by atoms with van der Waals surface area (Å²) in [6.45, 7) is 1.85. The third-order valence-electron chi connectivity index (χ3n) is 3.73. The normalized spacial score (nSPS) is 10.5. The van der Waals surface area contributed by atoms with Crippen LogP contribution in [0.3, 0.4) is 0 Å². The molecule has 0 aliphatic heterocycles. The molecule has 25 heavy (non-hydrogen) atoms. The Morgan fingerprint density at radius 1 is 1.28 bits per heavy atom. The summed E-state index contributed by atoms with van der Waals surface area (Å²) in [7, 11) is 1.31. The quantitative estimate of drug-likeness (QED) is 0.722. The number of hydrogen-bond donors (Lipinski definition) is 1. The number of furan rings is 1. The van der Waals surface area contributed by atoms with E-state index in [1.165, 1.54) is 7.11 Å². The van der Waals surface area contributed by atoms with Gasteiger partial charge in [-0.1, -0.05) is 0 Å². The average Bonchev–Trinajstić information content (AvgIpc) is 3.29. The highest BCUT2D eigenvalue weighted by atomic mass is 16.5. The molecule has 0 saturated carbocycles. The first kappa shape index (κ1) is 16.5. The number of benzene rings is 1. The van der Waals surface area contributed by atoms with E-state index in [0.29, 0.717) is 22.6 Å². The van der Waals surface area contributed by atoms with Crippen LogP contribution in [-0.4, -0.2) is 28.5 Å². The standard InChI is InChI=1S/C18H17N3O4/c1-12-16(18(23)24-2)9-15(25-12)10-20-17(22)13-3-5-14(6-4-13)21-8-7-19-11-21/h3-9,11H,10H2,1-2H3,(H,20,22). The number of carbonyl (C=O) groups is 2. The molecule has 1 aromatic carbocycles. The number of ether oxygens (including phenoxy) is 1. The zero-order valence-electron chi connectivity index (χ0n) is 13.9. The molecule has 2 heterocycles. The summed E-state index contributed by atoms with van der Waals surface area (Å²) in [6, 6.07) is 8.71. The summed E-state index contributed by atoms with van der Waals surface area (Å²) in [5.74, 6) is 0.252. The second-order valence-electron chi connectivity index (χ2n) is 5.37. The van der Waals surface area contributed by atoms with Crippen molar-refractivity contribution in [2.24, 2.45) is 0 Å². The van der Waals surface area contributed by atoms with Gasteiger partial charge in [-0.25, -0.2) is 9.78 Å². The monoisotopic (exact) mass is 339 g/mol. The Hall–Kier alpha value is -3.35. The molecule has 0 unspecified atom stereocenters. The lowest BCUT2D eigenvalue weighted by molar-refractivity contribution is 0.0598. The Morgan fingerprint density at radius 3 is 2.68 bits per heavy atom. The van der Waals surface area contributed by atoms with E-state index >= 15 is 0 Å². The minimum atomic E-state index is -0.464. The lowest BCUT2D eigenvalue weighted by Gasteiger charge is -2.05. The van der Waals surface area contributed by atoms with Crippen molar-refractivity contribution in [3.63, 3.8) is 0 Å². The molecule has 0 atom stereocenters. The van der Waals surface area contributed by atoms with Gasteiger partial charge in [-0.15, -0.1) is 0 Å². The van der Waals surface area contributed by atoms with E-state index in [1.807, 2.05) is 22.9 Å². The van der Waals surface area contributed by atoms with E-state index < -0.39 is 5.97 Å². The Kier molecular flexibility index (Phi) is 4.65. The largest absolute Gasteiger partial charge is 0.465 e. The van der Waals surface area contributed by atoms with Crippen LogP contribution in [0.1, 0.15) is 32.2 Å². The maximum absolute atomic E-state index is 12.2. The predicted octanol–water partition coefficient (Wildman–Crippen LogP) is 2.49. The van der Waals surface area contributed by atoms with Crippen LogP contribution in [0.4, 0.5) is 0 Å². The number of carbonyl (C=O) groups excluding carboxylic acids is 2. The third-order valence-corrected chi connectivity index (χ3v) is 3.73. The van der Waals surface area contributed by atoms with Crippen LogP contribution in [0.5, 0.6) is 0 Å². The van der Waals surface area contributed by atoms with Crippen LogP contribution in [0, 0.1) is 6.92 Å². The molecule has 0 bridgehead atoms. The van der Waals surface area contributed by atoms with Gasteiger partial charge >= 0.3 is 5.97 Å². The first-order valence-electron chi connectivity index (χ1n) is 7.62. The predicted molar refractivity (Wildman–Crippen MR) is 89.5 cm³/mol. The van der Waals surface area contributed by atoms with Crippen LogP contribution in [-0.2, 0) is 11.3 Å². The number of aryl methyl sites for hydroxylation is 1. The van der Waals surface area contributed by atoms with Crippen LogP contribution in [0.25, 0.3) is 5.69 Å². The van der Waals surface area contributed by atoms with Gasteiger partial charge in [0.2, 0.25) is 0 Å². The fraction of sp³-hybridized carbons (Fsp3) is 0.167. The summed E-state index contributed by atoms with van der Waals surface area (Å²) in [5.41, 5.74) is 1.80. The van der Waals surface area contributed by atoms with Gasteiger partial charge in [-0.05, 0) is 37.3 Å². The Morgan fingerprint density at radius 2 is 2.04 bits per heavy atom. The molecule has 0 saturated heterocycles. The zero-order chi connectivity index (χ0) is 17.8. The number of hydrogen-bond acceptors (Lipinski definition) is 5. The molecule has 0 spiro atoms. The highest BCUT2D eigenvalue weighted by Gasteiger charge is 2.16. The average molecular weight is 339 g/mol. The van der Waals surface area contributed by atoms with Gasteiger partial charge in [0.25, 0.3) is 5.91 Å². The number of aromatic nitrogens is 2. The van der Waals surface area contributed by atoms with Crippen LogP contribution >= 0.6 is 0 Å². The van der Waals surface area contributed by atoms with E-state index in [-0.39, 0.29) is 12.5 Å². The number of amides is 1. The molecule has 1 N–H and O–H groups in total. The van der Waals surface area contributed by atoms with Gasteiger partial charge in [0.15, 0.2) is 0 Å². The fourth-order valence-corrected chi connectivity index (χ4v) is 2.41. The van der Waals surface area contributed by atoms with Gasteiger partial charge < -0.3 is 19.0 Å². The van der Waals surface area contributed by atoms with Crippen molar-refractivity contribution < 1.29 is 18.7 Å². The summed E-state index contributed by atoms with van der Waals surface area (Å²) in [4.78, 5) is 27.8. The SMILES string of the molecule is COC(=O)c1cc(CNC(=O)c2ccc(-n3ccnc3)cc2)oc1C. The molecule has 1 amide bonds. The van der Waals surface area contributed by atoms with Gasteiger partial charge in [-0.2, -0.15) is 0 Å². The molecule has 7 nitrogen and oxygen atoms in total. The van der Waals surface area contributed by atoms with Crippen molar-refractivity contribution in [2.45, 2.75) is 13.5 Å². The number of methoxy groups -OCH3 is 1. The zero-order valence-corrected chi connectivity index (χ0v) is 13.9. The van der Waals surface area contributed by atoms with Crippen LogP contribution in [0.15, 0.2) is 53.5 Å². The summed E-state index contributed by atoms with van der Waals surface area (Å²) in [6.07, 6.45) is 5.20. The Bertz CT molecular complexity index is 880. The number of nitrogens with one attached hydrogen (secondary N) is 1.